The average molecular weight is 344 g/mol. The van der Waals surface area contributed by atoms with Gasteiger partial charge in [-0.2, -0.15) is 0 Å². The van der Waals surface area contributed by atoms with Crippen LogP contribution in [-0.2, 0) is 11.2 Å². The summed E-state index contributed by atoms with van der Waals surface area (Å²) in [5, 5.41) is 3.58. The molecule has 4 nitrogen and oxygen atoms in total. The molecule has 2 saturated heterocycles. The number of nitrogens with one attached hydrogen (secondary N) is 1. The van der Waals surface area contributed by atoms with Crippen LogP contribution in [0.25, 0.3) is 0 Å². The summed E-state index contributed by atoms with van der Waals surface area (Å²) in [4.78, 5) is 17.1. The number of amides is 1. The molecule has 1 aromatic rings. The Morgan fingerprint density at radius 1 is 1.04 bits per heavy atom. The SMILES string of the molecule is O=C1CCN[C@H](CCc2ccccc2)CN1CCCN1CCCCC1. The molecular formula is C21H33N3O. The summed E-state index contributed by atoms with van der Waals surface area (Å²) in [6.45, 7) is 6.24. The van der Waals surface area contributed by atoms with Crippen molar-refractivity contribution in [2.75, 3.05) is 39.3 Å². The third kappa shape index (κ3) is 6.12. The van der Waals surface area contributed by atoms with Crippen LogP contribution in [0.4, 0.5) is 0 Å². The van der Waals surface area contributed by atoms with Crippen LogP contribution in [0.15, 0.2) is 30.3 Å². The van der Waals surface area contributed by atoms with Crippen LogP contribution in [0.2, 0.25) is 0 Å². The first-order valence-corrected chi connectivity index (χ1v) is 10.1. The number of nitrogens with zero attached hydrogens (tertiary/aromatic N) is 2. The Morgan fingerprint density at radius 2 is 1.84 bits per heavy atom. The lowest BCUT2D eigenvalue weighted by atomic mass is 10.0. The zero-order valence-corrected chi connectivity index (χ0v) is 15.5. The van der Waals surface area contributed by atoms with Gasteiger partial charge in [0.15, 0.2) is 0 Å². The predicted molar refractivity (Wildman–Crippen MR) is 103 cm³/mol. The molecule has 1 aromatic carbocycles. The van der Waals surface area contributed by atoms with E-state index in [4.69, 9.17) is 0 Å². The molecule has 1 amide bonds. The number of hydrogen-bond donors (Lipinski definition) is 1. The van der Waals surface area contributed by atoms with E-state index in [0.717, 1.165) is 45.4 Å². The fraction of sp³-hybridized carbons (Fsp3) is 0.667. The monoisotopic (exact) mass is 343 g/mol. The molecule has 0 aliphatic carbocycles. The molecule has 2 heterocycles. The fourth-order valence-electron chi connectivity index (χ4n) is 4.04. The van der Waals surface area contributed by atoms with E-state index in [1.54, 1.807) is 0 Å². The molecule has 0 bridgehead atoms. The Balaban J connectivity index is 1.43. The summed E-state index contributed by atoms with van der Waals surface area (Å²) in [6.07, 6.45) is 8.00. The minimum Gasteiger partial charge on any atom is -0.341 e. The summed E-state index contributed by atoms with van der Waals surface area (Å²) in [5.74, 6) is 0.327. The second-order valence-corrected chi connectivity index (χ2v) is 7.52. The molecule has 0 saturated carbocycles. The van der Waals surface area contributed by atoms with Gasteiger partial charge < -0.3 is 15.1 Å². The highest BCUT2D eigenvalue weighted by Gasteiger charge is 2.22. The van der Waals surface area contributed by atoms with Crippen molar-refractivity contribution in [1.29, 1.82) is 0 Å². The Bertz CT molecular complexity index is 513. The molecule has 0 unspecified atom stereocenters. The van der Waals surface area contributed by atoms with Crippen LogP contribution in [-0.4, -0.2) is 61.0 Å². The van der Waals surface area contributed by atoms with Crippen LogP contribution in [0.3, 0.4) is 0 Å². The highest BCUT2D eigenvalue weighted by molar-refractivity contribution is 5.76. The van der Waals surface area contributed by atoms with Crippen LogP contribution in [0.1, 0.15) is 44.1 Å². The van der Waals surface area contributed by atoms with Crippen molar-refractivity contribution in [2.45, 2.75) is 51.0 Å². The van der Waals surface area contributed by atoms with E-state index < -0.39 is 0 Å². The lowest BCUT2D eigenvalue weighted by Crippen LogP contribution is -2.41. The number of piperidine rings is 1. The molecule has 2 aliphatic rings. The highest BCUT2D eigenvalue weighted by atomic mass is 16.2. The molecule has 2 fully saturated rings. The van der Waals surface area contributed by atoms with Crippen molar-refractivity contribution in [2.24, 2.45) is 0 Å². The first-order valence-electron chi connectivity index (χ1n) is 10.1. The molecule has 138 valence electrons. The lowest BCUT2D eigenvalue weighted by molar-refractivity contribution is -0.130. The van der Waals surface area contributed by atoms with Crippen molar-refractivity contribution in [3.63, 3.8) is 0 Å². The minimum atomic E-state index is 0.327. The molecule has 0 radical (unpaired) electrons. The fourth-order valence-corrected chi connectivity index (χ4v) is 4.04. The summed E-state index contributed by atoms with van der Waals surface area (Å²) < 4.78 is 0. The van der Waals surface area contributed by atoms with Gasteiger partial charge in [0.25, 0.3) is 0 Å². The van der Waals surface area contributed by atoms with Gasteiger partial charge in [0.2, 0.25) is 5.91 Å². The Morgan fingerprint density at radius 3 is 2.64 bits per heavy atom. The third-order valence-corrected chi connectivity index (χ3v) is 5.54. The molecular weight excluding hydrogens is 310 g/mol. The largest absolute Gasteiger partial charge is 0.341 e. The standard InChI is InChI=1S/C21H33N3O/c25-21-12-13-22-20(11-10-19-8-3-1-4-9-19)18-24(21)17-7-16-23-14-5-2-6-15-23/h1,3-4,8-9,20,22H,2,5-7,10-18H2/t20-/m1/s1. The molecule has 3 rings (SSSR count). The average Bonchev–Trinajstić information content (AvgIpc) is 2.83. The maximum absolute atomic E-state index is 12.4. The van der Waals surface area contributed by atoms with E-state index in [-0.39, 0.29) is 0 Å². The first-order chi connectivity index (χ1) is 12.3. The van der Waals surface area contributed by atoms with E-state index >= 15 is 0 Å². The molecule has 0 spiro atoms. The molecule has 0 aromatic heterocycles. The molecule has 25 heavy (non-hydrogen) atoms. The number of carbonyl (C=O) groups excluding carboxylic acids is 1. The first kappa shape index (κ1) is 18.4. The van der Waals surface area contributed by atoms with Gasteiger partial charge in [0.05, 0.1) is 0 Å². The normalized spacial score (nSPS) is 22.8. The number of rotatable bonds is 7. The quantitative estimate of drug-likeness (QED) is 0.827. The zero-order chi connectivity index (χ0) is 17.3. The number of benzene rings is 1. The predicted octanol–water partition coefficient (Wildman–Crippen LogP) is 2.69. The topological polar surface area (TPSA) is 35.6 Å². The molecule has 1 N–H and O–H groups in total. The van der Waals surface area contributed by atoms with Gasteiger partial charge in [-0.05, 0) is 57.3 Å². The summed E-state index contributed by atoms with van der Waals surface area (Å²) in [7, 11) is 0. The van der Waals surface area contributed by atoms with E-state index in [1.807, 2.05) is 0 Å². The maximum atomic E-state index is 12.4. The van der Waals surface area contributed by atoms with Gasteiger partial charge in [-0.15, -0.1) is 0 Å². The number of carbonyl (C=O) groups is 1. The van der Waals surface area contributed by atoms with Crippen molar-refractivity contribution >= 4 is 5.91 Å². The Hall–Kier alpha value is -1.39. The second kappa shape index (κ2) is 9.93. The van der Waals surface area contributed by atoms with Crippen LogP contribution >= 0.6 is 0 Å². The van der Waals surface area contributed by atoms with Crippen molar-refractivity contribution in [3.8, 4) is 0 Å². The molecule has 2 aliphatic heterocycles. The van der Waals surface area contributed by atoms with E-state index in [1.165, 1.54) is 37.9 Å². The number of aryl methyl sites for hydroxylation is 1. The Kier molecular flexibility index (Phi) is 7.31. The summed E-state index contributed by atoms with van der Waals surface area (Å²) in [5.41, 5.74) is 1.39. The number of likely N-dealkylation sites (tertiary alicyclic amines) is 1. The van der Waals surface area contributed by atoms with Gasteiger partial charge in [-0.25, -0.2) is 0 Å². The van der Waals surface area contributed by atoms with Crippen LogP contribution < -0.4 is 5.32 Å². The lowest BCUT2D eigenvalue weighted by Gasteiger charge is -2.29. The summed E-state index contributed by atoms with van der Waals surface area (Å²) >= 11 is 0. The molecule has 1 atom stereocenters. The Labute approximate surface area is 152 Å². The van der Waals surface area contributed by atoms with Gasteiger partial charge in [0.1, 0.15) is 0 Å². The van der Waals surface area contributed by atoms with Gasteiger partial charge in [0, 0.05) is 32.1 Å². The van der Waals surface area contributed by atoms with E-state index in [9.17, 15) is 4.79 Å². The van der Waals surface area contributed by atoms with Gasteiger partial charge in [-0.1, -0.05) is 36.8 Å². The second-order valence-electron chi connectivity index (χ2n) is 7.52. The minimum absolute atomic E-state index is 0.327. The smallest absolute Gasteiger partial charge is 0.223 e. The van der Waals surface area contributed by atoms with Crippen LogP contribution in [0, 0.1) is 0 Å². The van der Waals surface area contributed by atoms with Crippen LogP contribution in [0.5, 0.6) is 0 Å². The van der Waals surface area contributed by atoms with Crippen molar-refractivity contribution in [1.82, 2.24) is 15.1 Å². The summed E-state index contributed by atoms with van der Waals surface area (Å²) in [6, 6.07) is 11.1. The van der Waals surface area contributed by atoms with E-state index in [0.29, 0.717) is 18.4 Å². The molecule has 4 heteroatoms. The highest BCUT2D eigenvalue weighted by Crippen LogP contribution is 2.12. The van der Waals surface area contributed by atoms with Crippen molar-refractivity contribution < 1.29 is 4.79 Å². The maximum Gasteiger partial charge on any atom is 0.223 e. The zero-order valence-electron chi connectivity index (χ0n) is 15.5. The van der Waals surface area contributed by atoms with Gasteiger partial charge in [-0.3, -0.25) is 4.79 Å². The third-order valence-electron chi connectivity index (χ3n) is 5.54. The van der Waals surface area contributed by atoms with Gasteiger partial charge >= 0.3 is 0 Å². The number of hydrogen-bond acceptors (Lipinski definition) is 3. The van der Waals surface area contributed by atoms with E-state index in [2.05, 4.69) is 45.4 Å². The van der Waals surface area contributed by atoms with Crippen molar-refractivity contribution in [3.05, 3.63) is 35.9 Å².